The van der Waals surface area contributed by atoms with Crippen LogP contribution in [0, 0.1) is 0 Å². The topological polar surface area (TPSA) is 87.3 Å². The van der Waals surface area contributed by atoms with Gasteiger partial charge in [-0.25, -0.2) is 13.1 Å². The Labute approximate surface area is 97.2 Å². The highest BCUT2D eigenvalue weighted by atomic mass is 32.2. The lowest BCUT2D eigenvalue weighted by atomic mass is 10.3. The monoisotopic (exact) mass is 251 g/mol. The highest BCUT2D eigenvalue weighted by Crippen LogP contribution is 1.87. The standard InChI is InChI=1S/C9H21N3O3S/c1-3-12-16(14,15)8-7-11-9(13)5-4-6-10-2/h10,12H,3-8H2,1-2H3,(H,11,13). The number of carbonyl (C=O) groups excluding carboxylic acids is 1. The van der Waals surface area contributed by atoms with Gasteiger partial charge in [-0.1, -0.05) is 6.92 Å². The van der Waals surface area contributed by atoms with Crippen LogP contribution >= 0.6 is 0 Å². The summed E-state index contributed by atoms with van der Waals surface area (Å²) in [4.78, 5) is 11.2. The molecule has 3 N–H and O–H groups in total. The molecule has 0 radical (unpaired) electrons. The van der Waals surface area contributed by atoms with Crippen molar-refractivity contribution in [3.8, 4) is 0 Å². The minimum atomic E-state index is -3.23. The van der Waals surface area contributed by atoms with Gasteiger partial charge >= 0.3 is 0 Å². The fraction of sp³-hybridized carbons (Fsp3) is 0.889. The maximum Gasteiger partial charge on any atom is 0.220 e. The minimum absolute atomic E-state index is 0.0708. The van der Waals surface area contributed by atoms with Gasteiger partial charge in [0.15, 0.2) is 0 Å². The van der Waals surface area contributed by atoms with Gasteiger partial charge in [0, 0.05) is 19.5 Å². The third-order valence-electron chi connectivity index (χ3n) is 1.89. The molecule has 0 aromatic heterocycles. The van der Waals surface area contributed by atoms with Gasteiger partial charge in [0.25, 0.3) is 0 Å². The molecule has 0 aromatic carbocycles. The van der Waals surface area contributed by atoms with Gasteiger partial charge in [-0.2, -0.15) is 0 Å². The predicted molar refractivity (Wildman–Crippen MR) is 63.6 cm³/mol. The van der Waals surface area contributed by atoms with Crippen molar-refractivity contribution in [1.29, 1.82) is 0 Å². The molecule has 0 heterocycles. The molecule has 96 valence electrons. The van der Waals surface area contributed by atoms with Crippen molar-refractivity contribution in [1.82, 2.24) is 15.4 Å². The molecule has 0 unspecified atom stereocenters. The molecule has 0 saturated heterocycles. The summed E-state index contributed by atoms with van der Waals surface area (Å²) < 4.78 is 24.8. The molecule has 1 amide bonds. The van der Waals surface area contributed by atoms with E-state index in [1.54, 1.807) is 6.92 Å². The Kier molecular flexibility index (Phi) is 8.14. The van der Waals surface area contributed by atoms with Gasteiger partial charge in [0.2, 0.25) is 15.9 Å². The molecule has 0 aliphatic heterocycles. The number of amides is 1. The summed E-state index contributed by atoms with van der Waals surface area (Å²) in [7, 11) is -1.41. The first-order valence-electron chi connectivity index (χ1n) is 5.40. The molecule has 0 rings (SSSR count). The van der Waals surface area contributed by atoms with Crippen LogP contribution in [0.5, 0.6) is 0 Å². The zero-order valence-electron chi connectivity index (χ0n) is 9.88. The Morgan fingerprint density at radius 2 is 1.94 bits per heavy atom. The number of hydrogen-bond donors (Lipinski definition) is 3. The Morgan fingerprint density at radius 1 is 1.25 bits per heavy atom. The summed E-state index contributed by atoms with van der Waals surface area (Å²) in [5.74, 6) is -0.180. The summed E-state index contributed by atoms with van der Waals surface area (Å²) in [5.41, 5.74) is 0. The van der Waals surface area contributed by atoms with E-state index in [4.69, 9.17) is 0 Å². The van der Waals surface area contributed by atoms with Crippen molar-refractivity contribution >= 4 is 15.9 Å². The Balaban J connectivity index is 3.61. The van der Waals surface area contributed by atoms with Crippen LogP contribution in [-0.2, 0) is 14.8 Å². The van der Waals surface area contributed by atoms with Crippen molar-refractivity contribution < 1.29 is 13.2 Å². The summed E-state index contributed by atoms with van der Waals surface area (Å²) in [6.45, 7) is 3.03. The average molecular weight is 251 g/mol. The van der Waals surface area contributed by atoms with Crippen LogP contribution in [-0.4, -0.2) is 46.8 Å². The molecule has 0 bridgehead atoms. The fourth-order valence-electron chi connectivity index (χ4n) is 1.13. The van der Waals surface area contributed by atoms with Gasteiger partial charge in [-0.15, -0.1) is 0 Å². The van der Waals surface area contributed by atoms with Gasteiger partial charge in [-0.3, -0.25) is 4.79 Å². The normalized spacial score (nSPS) is 11.4. The van der Waals surface area contributed by atoms with E-state index in [9.17, 15) is 13.2 Å². The van der Waals surface area contributed by atoms with E-state index < -0.39 is 10.0 Å². The molecule has 0 fully saturated rings. The molecular formula is C9H21N3O3S. The van der Waals surface area contributed by atoms with Crippen molar-refractivity contribution in [2.75, 3.05) is 32.4 Å². The average Bonchev–Trinajstić information content (AvgIpc) is 2.17. The third-order valence-corrected chi connectivity index (χ3v) is 3.36. The van der Waals surface area contributed by atoms with E-state index in [-0.39, 0.29) is 18.2 Å². The second-order valence-corrected chi connectivity index (χ2v) is 5.30. The van der Waals surface area contributed by atoms with E-state index in [0.717, 1.165) is 13.0 Å². The number of sulfonamides is 1. The molecule has 0 aromatic rings. The van der Waals surface area contributed by atoms with Crippen LogP contribution in [0.25, 0.3) is 0 Å². The number of hydrogen-bond acceptors (Lipinski definition) is 4. The molecule has 0 spiro atoms. The van der Waals surface area contributed by atoms with Crippen molar-refractivity contribution in [2.45, 2.75) is 19.8 Å². The van der Waals surface area contributed by atoms with E-state index in [0.29, 0.717) is 13.0 Å². The number of nitrogens with one attached hydrogen (secondary N) is 3. The number of rotatable bonds is 9. The quantitative estimate of drug-likeness (QED) is 0.461. The second kappa shape index (κ2) is 8.49. The Hall–Kier alpha value is -0.660. The summed E-state index contributed by atoms with van der Waals surface area (Å²) >= 11 is 0. The first-order chi connectivity index (χ1) is 7.52. The van der Waals surface area contributed by atoms with Crippen LogP contribution in [0.1, 0.15) is 19.8 Å². The van der Waals surface area contributed by atoms with E-state index in [2.05, 4.69) is 15.4 Å². The molecule has 16 heavy (non-hydrogen) atoms. The molecule has 0 aliphatic rings. The highest BCUT2D eigenvalue weighted by molar-refractivity contribution is 7.89. The molecular weight excluding hydrogens is 230 g/mol. The van der Waals surface area contributed by atoms with E-state index in [1.165, 1.54) is 0 Å². The lowest BCUT2D eigenvalue weighted by molar-refractivity contribution is -0.121. The smallest absolute Gasteiger partial charge is 0.220 e. The first kappa shape index (κ1) is 15.3. The Morgan fingerprint density at radius 3 is 2.50 bits per heavy atom. The minimum Gasteiger partial charge on any atom is -0.355 e. The predicted octanol–water partition coefficient (Wildman–Crippen LogP) is -0.958. The SMILES string of the molecule is CCNS(=O)(=O)CCNC(=O)CCCNC. The van der Waals surface area contributed by atoms with Gasteiger partial charge in [0.05, 0.1) is 5.75 Å². The molecule has 0 aliphatic carbocycles. The second-order valence-electron chi connectivity index (χ2n) is 3.37. The first-order valence-corrected chi connectivity index (χ1v) is 7.05. The molecule has 0 saturated carbocycles. The summed E-state index contributed by atoms with van der Waals surface area (Å²) in [6.07, 6.45) is 1.17. The fourth-order valence-corrected chi connectivity index (χ4v) is 2.09. The van der Waals surface area contributed by atoms with E-state index in [1.807, 2.05) is 7.05 Å². The lowest BCUT2D eigenvalue weighted by Crippen LogP contribution is -2.34. The van der Waals surface area contributed by atoms with Crippen LogP contribution < -0.4 is 15.4 Å². The van der Waals surface area contributed by atoms with Gasteiger partial charge in [-0.05, 0) is 20.0 Å². The molecule has 0 atom stereocenters. The number of carbonyl (C=O) groups is 1. The summed E-state index contributed by atoms with van der Waals surface area (Å²) in [6, 6.07) is 0. The largest absolute Gasteiger partial charge is 0.355 e. The van der Waals surface area contributed by atoms with Crippen LogP contribution in [0.4, 0.5) is 0 Å². The van der Waals surface area contributed by atoms with Crippen LogP contribution in [0.15, 0.2) is 0 Å². The molecule has 6 nitrogen and oxygen atoms in total. The van der Waals surface area contributed by atoms with Crippen LogP contribution in [0.3, 0.4) is 0 Å². The van der Waals surface area contributed by atoms with E-state index >= 15 is 0 Å². The van der Waals surface area contributed by atoms with Gasteiger partial charge in [0.1, 0.15) is 0 Å². The Bertz CT molecular complexity index is 290. The van der Waals surface area contributed by atoms with Crippen molar-refractivity contribution in [3.63, 3.8) is 0 Å². The zero-order valence-corrected chi connectivity index (χ0v) is 10.7. The maximum absolute atomic E-state index is 11.2. The highest BCUT2D eigenvalue weighted by Gasteiger charge is 2.08. The maximum atomic E-state index is 11.2. The van der Waals surface area contributed by atoms with Crippen LogP contribution in [0.2, 0.25) is 0 Å². The van der Waals surface area contributed by atoms with Crippen molar-refractivity contribution in [3.05, 3.63) is 0 Å². The lowest BCUT2D eigenvalue weighted by Gasteiger charge is -2.06. The molecule has 7 heteroatoms. The van der Waals surface area contributed by atoms with Gasteiger partial charge < -0.3 is 10.6 Å². The zero-order chi connectivity index (χ0) is 12.4. The van der Waals surface area contributed by atoms with Crippen molar-refractivity contribution in [2.24, 2.45) is 0 Å². The third kappa shape index (κ3) is 8.63. The summed E-state index contributed by atoms with van der Waals surface area (Å²) in [5, 5.41) is 5.50.